The number of hydrogen-bond donors (Lipinski definition) is 1. The largest absolute Gasteiger partial charge is 0.490 e. The molecule has 0 spiro atoms. The van der Waals surface area contributed by atoms with Gasteiger partial charge in [0.15, 0.2) is 0 Å². The maximum Gasteiger partial charge on any atom is 0.490 e. The number of rotatable bonds is 4. The van der Waals surface area contributed by atoms with Gasteiger partial charge in [-0.2, -0.15) is 13.2 Å². The van der Waals surface area contributed by atoms with E-state index >= 15 is 0 Å². The Labute approximate surface area is 172 Å². The maximum atomic E-state index is 12.3. The van der Waals surface area contributed by atoms with Gasteiger partial charge in [-0.05, 0) is 38.3 Å². The zero-order valence-corrected chi connectivity index (χ0v) is 16.9. The average Bonchev–Trinajstić information content (AvgIpc) is 3.40. The number of halogens is 3. The second-order valence-corrected chi connectivity index (χ2v) is 8.09. The summed E-state index contributed by atoms with van der Waals surface area (Å²) in [6.07, 6.45) is -0.746. The van der Waals surface area contributed by atoms with E-state index in [2.05, 4.69) is 11.0 Å². The first-order valence-corrected chi connectivity index (χ1v) is 10.1. The van der Waals surface area contributed by atoms with Crippen LogP contribution in [0.4, 0.5) is 13.2 Å². The molecule has 4 rings (SSSR count). The highest BCUT2D eigenvalue weighted by atomic mass is 19.4. The van der Waals surface area contributed by atoms with E-state index in [1.54, 1.807) is 0 Å². The fourth-order valence-electron chi connectivity index (χ4n) is 4.29. The highest BCUT2D eigenvalue weighted by molar-refractivity contribution is 5.77. The molecule has 30 heavy (non-hydrogen) atoms. The van der Waals surface area contributed by atoms with E-state index in [1.807, 2.05) is 17.9 Å². The van der Waals surface area contributed by atoms with Crippen molar-refractivity contribution in [2.24, 2.45) is 5.92 Å². The lowest BCUT2D eigenvalue weighted by Crippen LogP contribution is -2.32. The number of aliphatic carboxylic acids is 1. The Bertz CT molecular complexity index is 731. The number of likely N-dealkylation sites (tertiary alicyclic amines) is 2. The number of hydrogen-bond acceptors (Lipinski definition) is 5. The van der Waals surface area contributed by atoms with Gasteiger partial charge in [0.05, 0.1) is 25.2 Å². The number of carbonyl (C=O) groups excluding carboxylic acids is 1. The molecule has 0 aromatic carbocycles. The normalized spacial score (nSPS) is 26.4. The van der Waals surface area contributed by atoms with Gasteiger partial charge in [0, 0.05) is 32.1 Å². The number of furan rings is 1. The van der Waals surface area contributed by atoms with Gasteiger partial charge in [0.1, 0.15) is 11.5 Å². The Morgan fingerprint density at radius 3 is 2.40 bits per heavy atom. The fourth-order valence-corrected chi connectivity index (χ4v) is 4.29. The molecule has 3 aliphatic heterocycles. The van der Waals surface area contributed by atoms with Crippen molar-refractivity contribution in [3.63, 3.8) is 0 Å². The lowest BCUT2D eigenvalue weighted by Gasteiger charge is -2.20. The monoisotopic (exact) mass is 432 g/mol. The minimum atomic E-state index is -5.08. The predicted molar refractivity (Wildman–Crippen MR) is 99.6 cm³/mol. The van der Waals surface area contributed by atoms with E-state index in [-0.39, 0.29) is 12.0 Å². The first-order chi connectivity index (χ1) is 14.1. The zero-order chi connectivity index (χ0) is 21.9. The summed E-state index contributed by atoms with van der Waals surface area (Å²) in [7, 11) is 0. The van der Waals surface area contributed by atoms with Gasteiger partial charge in [-0.1, -0.05) is 0 Å². The summed E-state index contributed by atoms with van der Waals surface area (Å²) in [6.45, 7) is 6.73. The van der Waals surface area contributed by atoms with Crippen molar-refractivity contribution in [1.82, 2.24) is 9.80 Å². The van der Waals surface area contributed by atoms with Crippen molar-refractivity contribution in [3.8, 4) is 0 Å². The molecule has 4 heterocycles. The minimum Gasteiger partial charge on any atom is -0.475 e. The van der Waals surface area contributed by atoms with Crippen LogP contribution in [-0.2, 0) is 20.9 Å². The number of nitrogens with zero attached hydrogens (tertiary/aromatic N) is 2. The van der Waals surface area contributed by atoms with Crippen molar-refractivity contribution in [2.45, 2.75) is 57.5 Å². The standard InChI is InChI=1S/C18H26N2O3.C2HF3O2/c1-13-4-5-15(22-13)11-19-10-14-8-16(23-17(14)12-19)9-18(21)20-6-2-3-7-20;3-2(4,5)1(6)7/h4-5,14,16-17H,2-3,6-12H2,1H3;(H,6,7)/t14-,16-,17+;/m0./s1. The third-order valence-electron chi connectivity index (χ3n) is 5.67. The number of carboxylic acids is 1. The highest BCUT2D eigenvalue weighted by Crippen LogP contribution is 2.35. The van der Waals surface area contributed by atoms with E-state index in [1.165, 1.54) is 0 Å². The molecule has 3 saturated heterocycles. The number of alkyl halides is 3. The minimum absolute atomic E-state index is 0.131. The van der Waals surface area contributed by atoms with Gasteiger partial charge in [-0.25, -0.2) is 4.79 Å². The third kappa shape index (κ3) is 5.98. The van der Waals surface area contributed by atoms with Crippen LogP contribution >= 0.6 is 0 Å². The summed E-state index contributed by atoms with van der Waals surface area (Å²) in [5.41, 5.74) is 0. The number of aryl methyl sites for hydroxylation is 1. The van der Waals surface area contributed by atoms with E-state index in [9.17, 15) is 18.0 Å². The molecule has 3 aliphatic rings. The van der Waals surface area contributed by atoms with E-state index in [0.717, 1.165) is 63.5 Å². The summed E-state index contributed by atoms with van der Waals surface area (Å²) in [6, 6.07) is 4.07. The van der Waals surface area contributed by atoms with Crippen LogP contribution in [0.2, 0.25) is 0 Å². The Hall–Kier alpha value is -2.07. The van der Waals surface area contributed by atoms with Crippen molar-refractivity contribution in [2.75, 3.05) is 26.2 Å². The summed E-state index contributed by atoms with van der Waals surface area (Å²) in [5, 5.41) is 7.12. The Morgan fingerprint density at radius 1 is 1.20 bits per heavy atom. The number of amides is 1. The molecule has 0 aliphatic carbocycles. The third-order valence-corrected chi connectivity index (χ3v) is 5.67. The highest BCUT2D eigenvalue weighted by Gasteiger charge is 2.43. The van der Waals surface area contributed by atoms with E-state index < -0.39 is 12.1 Å². The van der Waals surface area contributed by atoms with Crippen molar-refractivity contribution < 1.29 is 37.0 Å². The van der Waals surface area contributed by atoms with Crippen LogP contribution in [0.15, 0.2) is 16.5 Å². The Kier molecular flexibility index (Phi) is 7.07. The molecule has 3 fully saturated rings. The fraction of sp³-hybridized carbons (Fsp3) is 0.700. The van der Waals surface area contributed by atoms with Crippen LogP contribution in [0.25, 0.3) is 0 Å². The van der Waals surface area contributed by atoms with Gasteiger partial charge in [0.25, 0.3) is 0 Å². The summed E-state index contributed by atoms with van der Waals surface area (Å²) in [5.74, 6) is 0.102. The topological polar surface area (TPSA) is 83.2 Å². The van der Waals surface area contributed by atoms with Crippen molar-refractivity contribution >= 4 is 11.9 Å². The Balaban J connectivity index is 0.000000318. The quantitative estimate of drug-likeness (QED) is 0.788. The Morgan fingerprint density at radius 2 is 1.87 bits per heavy atom. The lowest BCUT2D eigenvalue weighted by molar-refractivity contribution is -0.192. The van der Waals surface area contributed by atoms with Crippen LogP contribution in [-0.4, -0.2) is 71.3 Å². The second-order valence-electron chi connectivity index (χ2n) is 8.09. The summed E-state index contributed by atoms with van der Waals surface area (Å²) < 4.78 is 43.6. The average molecular weight is 432 g/mol. The number of carboxylic acid groups (broad SMARTS) is 1. The van der Waals surface area contributed by atoms with Gasteiger partial charge in [-0.15, -0.1) is 0 Å². The predicted octanol–water partition coefficient (Wildman–Crippen LogP) is 2.82. The lowest BCUT2D eigenvalue weighted by atomic mass is 10.0. The number of carbonyl (C=O) groups is 2. The molecule has 1 aromatic heterocycles. The van der Waals surface area contributed by atoms with Crippen LogP contribution < -0.4 is 0 Å². The van der Waals surface area contributed by atoms with E-state index in [4.69, 9.17) is 19.1 Å². The van der Waals surface area contributed by atoms with Crippen molar-refractivity contribution in [3.05, 3.63) is 23.7 Å². The molecule has 0 unspecified atom stereocenters. The SMILES string of the molecule is Cc1ccc(CN2C[C@@H]3C[C@@H](CC(=O)N4CCCC4)O[C@@H]3C2)o1.O=C(O)C(F)(F)F. The first-order valence-electron chi connectivity index (χ1n) is 10.1. The van der Waals surface area contributed by atoms with Crippen molar-refractivity contribution in [1.29, 1.82) is 0 Å². The molecule has 7 nitrogen and oxygen atoms in total. The molecule has 0 bridgehead atoms. The zero-order valence-electron chi connectivity index (χ0n) is 16.9. The molecule has 0 saturated carbocycles. The second kappa shape index (κ2) is 9.38. The number of fused-ring (bicyclic) bond motifs is 1. The van der Waals surface area contributed by atoms with Crippen LogP contribution in [0.1, 0.15) is 37.2 Å². The van der Waals surface area contributed by atoms with E-state index in [0.29, 0.717) is 18.4 Å². The van der Waals surface area contributed by atoms with Gasteiger partial charge >= 0.3 is 12.1 Å². The van der Waals surface area contributed by atoms with Gasteiger partial charge < -0.3 is 19.2 Å². The smallest absolute Gasteiger partial charge is 0.475 e. The summed E-state index contributed by atoms with van der Waals surface area (Å²) >= 11 is 0. The molecule has 1 aromatic rings. The molecular formula is C20H27F3N2O5. The first kappa shape index (κ1) is 22.6. The van der Waals surface area contributed by atoms with Crippen LogP contribution in [0.3, 0.4) is 0 Å². The molecule has 3 atom stereocenters. The van der Waals surface area contributed by atoms with Gasteiger partial charge in [0.2, 0.25) is 5.91 Å². The molecule has 1 N–H and O–H groups in total. The molecular weight excluding hydrogens is 405 g/mol. The molecule has 10 heteroatoms. The summed E-state index contributed by atoms with van der Waals surface area (Å²) in [4.78, 5) is 25.6. The van der Waals surface area contributed by atoms with Gasteiger partial charge in [-0.3, -0.25) is 9.69 Å². The number of ether oxygens (including phenoxy) is 1. The van der Waals surface area contributed by atoms with Crippen LogP contribution in [0, 0.1) is 12.8 Å². The maximum absolute atomic E-state index is 12.3. The molecule has 0 radical (unpaired) electrons. The van der Waals surface area contributed by atoms with Crippen LogP contribution in [0.5, 0.6) is 0 Å². The molecule has 1 amide bonds. The molecule has 168 valence electrons.